The average Bonchev–Trinajstić information content (AvgIpc) is 2.55. The van der Waals surface area contributed by atoms with Gasteiger partial charge in [0.2, 0.25) is 5.88 Å². The Hall–Kier alpha value is -2.38. The molecule has 0 amide bonds. The molecule has 0 saturated heterocycles. The van der Waals surface area contributed by atoms with Crippen molar-refractivity contribution in [2.24, 2.45) is 0 Å². The number of aromatic nitrogens is 1. The summed E-state index contributed by atoms with van der Waals surface area (Å²) >= 11 is 3.50. The molecule has 2 aromatic carbocycles. The van der Waals surface area contributed by atoms with E-state index < -0.39 is 0 Å². The van der Waals surface area contributed by atoms with Gasteiger partial charge >= 0.3 is 0 Å². The van der Waals surface area contributed by atoms with Crippen LogP contribution in [-0.4, -0.2) is 4.98 Å². The summed E-state index contributed by atoms with van der Waals surface area (Å²) in [6.45, 7) is 0. The smallest absolute Gasteiger partial charge is 0.219 e. The van der Waals surface area contributed by atoms with E-state index in [0.29, 0.717) is 11.4 Å². The highest BCUT2D eigenvalue weighted by molar-refractivity contribution is 9.08. The summed E-state index contributed by atoms with van der Waals surface area (Å²) in [5.74, 6) is 1.23. The number of hydrogen-bond donors (Lipinski definition) is 0. The van der Waals surface area contributed by atoms with E-state index in [4.69, 9.17) is 10.00 Å². The Bertz CT molecular complexity index is 822. The van der Waals surface area contributed by atoms with Crippen LogP contribution in [0.2, 0.25) is 0 Å². The Kier molecular flexibility index (Phi) is 3.85. The Balaban J connectivity index is 2.02. The molecule has 1 heterocycles. The molecule has 4 heteroatoms. The van der Waals surface area contributed by atoms with Crippen molar-refractivity contribution in [1.82, 2.24) is 4.98 Å². The topological polar surface area (TPSA) is 45.9 Å². The van der Waals surface area contributed by atoms with Crippen LogP contribution in [0.5, 0.6) is 11.6 Å². The van der Waals surface area contributed by atoms with Crippen molar-refractivity contribution in [3.05, 3.63) is 65.9 Å². The second-order valence-corrected chi connectivity index (χ2v) is 5.06. The van der Waals surface area contributed by atoms with Crippen molar-refractivity contribution in [3.8, 4) is 17.7 Å². The average molecular weight is 339 g/mol. The second-order valence-electron chi connectivity index (χ2n) is 4.50. The third kappa shape index (κ3) is 2.74. The molecule has 0 radical (unpaired) electrons. The van der Waals surface area contributed by atoms with Crippen LogP contribution in [-0.2, 0) is 5.33 Å². The number of hydrogen-bond acceptors (Lipinski definition) is 3. The lowest BCUT2D eigenvalue weighted by atomic mass is 10.1. The molecular formula is C17H11BrN2O. The maximum absolute atomic E-state index is 8.78. The molecule has 3 nitrogen and oxygen atoms in total. The minimum Gasteiger partial charge on any atom is -0.438 e. The first-order valence-corrected chi connectivity index (χ1v) is 7.54. The van der Waals surface area contributed by atoms with Crippen LogP contribution in [0.25, 0.3) is 10.8 Å². The van der Waals surface area contributed by atoms with E-state index in [-0.39, 0.29) is 0 Å². The summed E-state index contributed by atoms with van der Waals surface area (Å²) < 4.78 is 5.85. The monoisotopic (exact) mass is 338 g/mol. The zero-order valence-electron chi connectivity index (χ0n) is 11.1. The zero-order valence-corrected chi connectivity index (χ0v) is 12.7. The number of pyridine rings is 1. The predicted molar refractivity (Wildman–Crippen MR) is 85.6 cm³/mol. The number of ether oxygens (including phenoxy) is 1. The van der Waals surface area contributed by atoms with Gasteiger partial charge in [-0.05, 0) is 23.1 Å². The van der Waals surface area contributed by atoms with E-state index in [1.54, 1.807) is 12.1 Å². The van der Waals surface area contributed by atoms with Gasteiger partial charge in [0, 0.05) is 23.0 Å². The standard InChI is InChI=1S/C17H11BrN2O/c18-9-13-3-1-5-15-14(13)4-2-6-16(15)21-17-8-7-12(10-19)11-20-17/h1-8,11H,9H2. The van der Waals surface area contributed by atoms with Crippen LogP contribution in [0.15, 0.2) is 54.7 Å². The number of rotatable bonds is 3. The fourth-order valence-electron chi connectivity index (χ4n) is 2.17. The molecule has 0 aliphatic rings. The highest BCUT2D eigenvalue weighted by atomic mass is 79.9. The SMILES string of the molecule is N#Cc1ccc(Oc2cccc3c(CBr)cccc23)nc1. The Morgan fingerprint density at radius 2 is 1.86 bits per heavy atom. The number of benzene rings is 2. The van der Waals surface area contributed by atoms with Gasteiger partial charge in [-0.25, -0.2) is 4.98 Å². The number of alkyl halides is 1. The molecule has 0 N–H and O–H groups in total. The van der Waals surface area contributed by atoms with Crippen molar-refractivity contribution in [3.63, 3.8) is 0 Å². The molecule has 0 aliphatic heterocycles. The van der Waals surface area contributed by atoms with Crippen molar-refractivity contribution < 1.29 is 4.74 Å². The molecule has 3 rings (SSSR count). The maximum atomic E-state index is 8.78. The van der Waals surface area contributed by atoms with Gasteiger partial charge in [-0.3, -0.25) is 0 Å². The van der Waals surface area contributed by atoms with Crippen LogP contribution in [0.4, 0.5) is 0 Å². The van der Waals surface area contributed by atoms with Gasteiger partial charge in [-0.15, -0.1) is 0 Å². The van der Waals surface area contributed by atoms with Crippen LogP contribution in [0.1, 0.15) is 11.1 Å². The third-order valence-corrected chi connectivity index (χ3v) is 3.80. The molecule has 0 saturated carbocycles. The van der Waals surface area contributed by atoms with Crippen molar-refractivity contribution in [2.75, 3.05) is 0 Å². The van der Waals surface area contributed by atoms with Gasteiger partial charge in [0.15, 0.2) is 0 Å². The van der Waals surface area contributed by atoms with Gasteiger partial charge in [-0.2, -0.15) is 5.26 Å². The quantitative estimate of drug-likeness (QED) is 0.644. The normalized spacial score (nSPS) is 10.3. The number of nitrogens with zero attached hydrogens (tertiary/aromatic N) is 2. The fourth-order valence-corrected chi connectivity index (χ4v) is 2.66. The van der Waals surface area contributed by atoms with Gasteiger partial charge < -0.3 is 4.74 Å². The molecular weight excluding hydrogens is 328 g/mol. The first-order chi connectivity index (χ1) is 10.3. The van der Waals surface area contributed by atoms with E-state index in [0.717, 1.165) is 21.9 Å². The lowest BCUT2D eigenvalue weighted by Gasteiger charge is -2.10. The maximum Gasteiger partial charge on any atom is 0.219 e. The minimum atomic E-state index is 0.478. The lowest BCUT2D eigenvalue weighted by molar-refractivity contribution is 0.468. The molecule has 21 heavy (non-hydrogen) atoms. The number of nitriles is 1. The molecule has 102 valence electrons. The van der Waals surface area contributed by atoms with Gasteiger partial charge in [0.05, 0.1) is 5.56 Å². The molecule has 3 aromatic rings. The van der Waals surface area contributed by atoms with Gasteiger partial charge in [-0.1, -0.05) is 46.3 Å². The van der Waals surface area contributed by atoms with Crippen molar-refractivity contribution >= 4 is 26.7 Å². The lowest BCUT2D eigenvalue weighted by Crippen LogP contribution is -1.90. The molecule has 0 fully saturated rings. The largest absolute Gasteiger partial charge is 0.438 e. The van der Waals surface area contributed by atoms with E-state index in [1.165, 1.54) is 11.8 Å². The first-order valence-electron chi connectivity index (χ1n) is 6.42. The molecule has 1 aromatic heterocycles. The summed E-state index contributed by atoms with van der Waals surface area (Å²) in [6.07, 6.45) is 1.50. The summed E-state index contributed by atoms with van der Waals surface area (Å²) in [5, 5.41) is 11.8. The van der Waals surface area contributed by atoms with E-state index in [9.17, 15) is 0 Å². The van der Waals surface area contributed by atoms with Crippen molar-refractivity contribution in [1.29, 1.82) is 5.26 Å². The van der Waals surface area contributed by atoms with Crippen LogP contribution >= 0.6 is 15.9 Å². The molecule has 0 atom stereocenters. The molecule has 0 spiro atoms. The van der Waals surface area contributed by atoms with Gasteiger partial charge in [0.1, 0.15) is 11.8 Å². The van der Waals surface area contributed by atoms with Gasteiger partial charge in [0.25, 0.3) is 0 Å². The minimum absolute atomic E-state index is 0.478. The molecule has 0 bridgehead atoms. The van der Waals surface area contributed by atoms with Crippen LogP contribution in [0.3, 0.4) is 0 Å². The summed E-state index contributed by atoms with van der Waals surface area (Å²) in [6, 6.07) is 17.5. The Labute approximate surface area is 130 Å². The zero-order chi connectivity index (χ0) is 14.7. The Morgan fingerprint density at radius 3 is 2.57 bits per heavy atom. The number of halogens is 1. The Morgan fingerprint density at radius 1 is 1.05 bits per heavy atom. The molecule has 0 aliphatic carbocycles. The van der Waals surface area contributed by atoms with E-state index in [1.807, 2.05) is 30.3 Å². The van der Waals surface area contributed by atoms with E-state index >= 15 is 0 Å². The highest BCUT2D eigenvalue weighted by Crippen LogP contribution is 2.31. The summed E-state index contributed by atoms with van der Waals surface area (Å²) in [5.41, 5.74) is 1.73. The second kappa shape index (κ2) is 5.94. The van der Waals surface area contributed by atoms with Crippen LogP contribution < -0.4 is 4.74 Å². The number of fused-ring (bicyclic) bond motifs is 1. The fraction of sp³-hybridized carbons (Fsp3) is 0.0588. The summed E-state index contributed by atoms with van der Waals surface area (Å²) in [4.78, 5) is 4.14. The third-order valence-electron chi connectivity index (χ3n) is 3.20. The molecule has 0 unspecified atom stereocenters. The van der Waals surface area contributed by atoms with Crippen LogP contribution in [0, 0.1) is 11.3 Å². The highest BCUT2D eigenvalue weighted by Gasteiger charge is 2.06. The summed E-state index contributed by atoms with van der Waals surface area (Å²) in [7, 11) is 0. The van der Waals surface area contributed by atoms with E-state index in [2.05, 4.69) is 33.0 Å². The predicted octanol–water partition coefficient (Wildman–Crippen LogP) is 4.79. The van der Waals surface area contributed by atoms with Crippen molar-refractivity contribution in [2.45, 2.75) is 5.33 Å². The first kappa shape index (κ1) is 13.6.